The number of rotatable bonds is 4. The maximum Gasteiger partial charge on any atom is 0.165 e. The quantitative estimate of drug-likeness (QED) is 0.904. The molecule has 106 valence electrons. The fraction of sp³-hybridized carbons (Fsp3) is 0.200. The van der Waals surface area contributed by atoms with Crippen molar-refractivity contribution in [2.45, 2.75) is 19.1 Å². The molecule has 5 heteroatoms. The van der Waals surface area contributed by atoms with Gasteiger partial charge in [0, 0.05) is 16.6 Å². The minimum atomic E-state index is -0.618. The molecule has 0 amide bonds. The summed E-state index contributed by atoms with van der Waals surface area (Å²) in [7, 11) is 0. The third-order valence-electron chi connectivity index (χ3n) is 2.80. The molecule has 0 bridgehead atoms. The molecule has 2 aromatic rings. The van der Waals surface area contributed by atoms with E-state index in [-0.39, 0.29) is 11.8 Å². The molecule has 0 spiro atoms. The molecule has 0 aromatic heterocycles. The van der Waals surface area contributed by atoms with Crippen LogP contribution in [0.3, 0.4) is 0 Å². The summed E-state index contributed by atoms with van der Waals surface area (Å²) >= 11 is 3.36. The molecule has 2 unspecified atom stereocenters. The fourth-order valence-corrected chi connectivity index (χ4v) is 2.28. The highest BCUT2D eigenvalue weighted by atomic mass is 79.9. The van der Waals surface area contributed by atoms with Crippen LogP contribution in [-0.4, -0.2) is 6.04 Å². The Morgan fingerprint density at radius 1 is 1.15 bits per heavy atom. The van der Waals surface area contributed by atoms with Crippen molar-refractivity contribution < 1.29 is 13.5 Å². The second-order valence-electron chi connectivity index (χ2n) is 4.53. The lowest BCUT2D eigenvalue weighted by Crippen LogP contribution is -2.29. The standard InChI is InChI=1S/C15H14BrF2NO/c1-9(19)15(10-3-2-4-11(16)7-10)20-14-8-12(17)5-6-13(14)18/h2-9,15H,19H2,1H3. The number of benzene rings is 2. The Bertz CT molecular complexity index is 604. The van der Waals surface area contributed by atoms with E-state index in [1.54, 1.807) is 6.92 Å². The Kier molecular flexibility index (Phi) is 4.73. The summed E-state index contributed by atoms with van der Waals surface area (Å²) in [4.78, 5) is 0. The lowest BCUT2D eigenvalue weighted by Gasteiger charge is -2.23. The Balaban J connectivity index is 2.33. The third-order valence-corrected chi connectivity index (χ3v) is 3.30. The summed E-state index contributed by atoms with van der Waals surface area (Å²) in [5, 5.41) is 0. The van der Waals surface area contributed by atoms with Crippen molar-refractivity contribution in [1.82, 2.24) is 0 Å². The number of ether oxygens (including phenoxy) is 1. The van der Waals surface area contributed by atoms with E-state index in [1.807, 2.05) is 24.3 Å². The summed E-state index contributed by atoms with van der Waals surface area (Å²) in [5.41, 5.74) is 6.69. The van der Waals surface area contributed by atoms with Crippen LogP contribution in [0.15, 0.2) is 46.9 Å². The van der Waals surface area contributed by atoms with Crippen LogP contribution in [0, 0.1) is 11.6 Å². The number of nitrogens with two attached hydrogens (primary N) is 1. The van der Waals surface area contributed by atoms with Gasteiger partial charge in [0.05, 0.1) is 0 Å². The molecule has 0 aliphatic carbocycles. The first-order chi connectivity index (χ1) is 9.47. The zero-order valence-electron chi connectivity index (χ0n) is 10.8. The monoisotopic (exact) mass is 341 g/mol. The fourth-order valence-electron chi connectivity index (χ4n) is 1.87. The first kappa shape index (κ1) is 14.9. The maximum atomic E-state index is 13.6. The van der Waals surface area contributed by atoms with Crippen molar-refractivity contribution in [2.75, 3.05) is 0 Å². The lowest BCUT2D eigenvalue weighted by atomic mass is 10.0. The molecule has 0 saturated carbocycles. The van der Waals surface area contributed by atoms with Gasteiger partial charge in [0.1, 0.15) is 11.9 Å². The van der Waals surface area contributed by atoms with Crippen molar-refractivity contribution in [1.29, 1.82) is 0 Å². The predicted octanol–water partition coefficient (Wildman–Crippen LogP) is 4.19. The van der Waals surface area contributed by atoms with Gasteiger partial charge in [-0.15, -0.1) is 0 Å². The molecule has 0 aliphatic heterocycles. The summed E-state index contributed by atoms with van der Waals surface area (Å²) in [6.45, 7) is 1.75. The Morgan fingerprint density at radius 2 is 1.90 bits per heavy atom. The lowest BCUT2D eigenvalue weighted by molar-refractivity contribution is 0.172. The summed E-state index contributed by atoms with van der Waals surface area (Å²) < 4.78 is 33.3. The van der Waals surface area contributed by atoms with E-state index in [1.165, 1.54) is 0 Å². The van der Waals surface area contributed by atoms with Gasteiger partial charge in [-0.05, 0) is 36.8 Å². The predicted molar refractivity (Wildman–Crippen MR) is 77.5 cm³/mol. The normalized spacial score (nSPS) is 13.8. The molecule has 2 nitrogen and oxygen atoms in total. The van der Waals surface area contributed by atoms with E-state index in [0.29, 0.717) is 0 Å². The number of halogens is 3. The number of hydrogen-bond acceptors (Lipinski definition) is 2. The highest BCUT2D eigenvalue weighted by Gasteiger charge is 2.20. The third kappa shape index (κ3) is 3.55. The van der Waals surface area contributed by atoms with E-state index in [4.69, 9.17) is 10.5 Å². The average Bonchev–Trinajstić information content (AvgIpc) is 2.39. The van der Waals surface area contributed by atoms with Crippen LogP contribution in [0.5, 0.6) is 5.75 Å². The van der Waals surface area contributed by atoms with Crippen molar-refractivity contribution >= 4 is 15.9 Å². The maximum absolute atomic E-state index is 13.6. The largest absolute Gasteiger partial charge is 0.481 e. The Hall–Kier alpha value is -1.46. The smallest absolute Gasteiger partial charge is 0.165 e. The second-order valence-corrected chi connectivity index (χ2v) is 5.44. The van der Waals surface area contributed by atoms with Crippen LogP contribution in [0.2, 0.25) is 0 Å². The van der Waals surface area contributed by atoms with Gasteiger partial charge in [-0.2, -0.15) is 0 Å². The van der Waals surface area contributed by atoms with E-state index in [9.17, 15) is 8.78 Å². The molecular weight excluding hydrogens is 328 g/mol. The van der Waals surface area contributed by atoms with Crippen LogP contribution in [0.4, 0.5) is 8.78 Å². The van der Waals surface area contributed by atoms with E-state index in [0.717, 1.165) is 28.2 Å². The minimum absolute atomic E-state index is 0.146. The van der Waals surface area contributed by atoms with Gasteiger partial charge in [0.2, 0.25) is 0 Å². The van der Waals surface area contributed by atoms with Gasteiger partial charge in [-0.1, -0.05) is 28.1 Å². The van der Waals surface area contributed by atoms with Crippen LogP contribution in [0.25, 0.3) is 0 Å². The first-order valence-corrected chi connectivity index (χ1v) is 6.89. The van der Waals surface area contributed by atoms with Crippen LogP contribution in [-0.2, 0) is 0 Å². The molecule has 0 saturated heterocycles. The van der Waals surface area contributed by atoms with E-state index in [2.05, 4.69) is 15.9 Å². The van der Waals surface area contributed by atoms with Crippen molar-refractivity contribution in [3.8, 4) is 5.75 Å². The molecule has 2 atom stereocenters. The highest BCUT2D eigenvalue weighted by Crippen LogP contribution is 2.28. The Labute approximate surface area is 124 Å². The second kappa shape index (κ2) is 6.33. The summed E-state index contributed by atoms with van der Waals surface area (Å²) in [6, 6.07) is 10.1. The van der Waals surface area contributed by atoms with E-state index >= 15 is 0 Å². The molecule has 0 aliphatic rings. The molecule has 0 fully saturated rings. The number of hydrogen-bond donors (Lipinski definition) is 1. The molecule has 0 heterocycles. The average molecular weight is 342 g/mol. The van der Waals surface area contributed by atoms with Crippen LogP contribution >= 0.6 is 15.9 Å². The topological polar surface area (TPSA) is 35.2 Å². The zero-order chi connectivity index (χ0) is 14.7. The SMILES string of the molecule is CC(N)C(Oc1cc(F)ccc1F)c1cccc(Br)c1. The van der Waals surface area contributed by atoms with E-state index < -0.39 is 17.7 Å². The molecule has 0 radical (unpaired) electrons. The van der Waals surface area contributed by atoms with Crippen molar-refractivity contribution in [3.05, 3.63) is 64.1 Å². The summed E-state index contributed by atoms with van der Waals surface area (Å²) in [5.74, 6) is -1.32. The van der Waals surface area contributed by atoms with Crippen molar-refractivity contribution in [3.63, 3.8) is 0 Å². The van der Waals surface area contributed by atoms with Crippen molar-refractivity contribution in [2.24, 2.45) is 5.73 Å². The molecular formula is C15H14BrF2NO. The van der Waals surface area contributed by atoms with Gasteiger partial charge in [-0.25, -0.2) is 8.78 Å². The van der Waals surface area contributed by atoms with Gasteiger partial charge < -0.3 is 10.5 Å². The van der Waals surface area contributed by atoms with Gasteiger partial charge in [0.15, 0.2) is 11.6 Å². The van der Waals surface area contributed by atoms with Gasteiger partial charge in [0.25, 0.3) is 0 Å². The highest BCUT2D eigenvalue weighted by molar-refractivity contribution is 9.10. The summed E-state index contributed by atoms with van der Waals surface area (Å²) in [6.07, 6.45) is -0.566. The Morgan fingerprint density at radius 3 is 2.55 bits per heavy atom. The molecule has 2 N–H and O–H groups in total. The first-order valence-electron chi connectivity index (χ1n) is 6.10. The van der Waals surface area contributed by atoms with Crippen LogP contribution < -0.4 is 10.5 Å². The van der Waals surface area contributed by atoms with Gasteiger partial charge >= 0.3 is 0 Å². The molecule has 2 aromatic carbocycles. The van der Waals surface area contributed by atoms with Gasteiger partial charge in [-0.3, -0.25) is 0 Å². The molecule has 20 heavy (non-hydrogen) atoms. The minimum Gasteiger partial charge on any atom is -0.481 e. The molecule has 2 rings (SSSR count). The zero-order valence-corrected chi connectivity index (χ0v) is 12.4. The van der Waals surface area contributed by atoms with Crippen LogP contribution in [0.1, 0.15) is 18.6 Å².